The Hall–Kier alpha value is -1.36. The van der Waals surface area contributed by atoms with E-state index in [1.807, 2.05) is 4.90 Å². The average Bonchev–Trinajstić information content (AvgIpc) is 2.96. The smallest absolute Gasteiger partial charge is 0.223 e. The summed E-state index contributed by atoms with van der Waals surface area (Å²) in [6.07, 6.45) is 10.2. The fraction of sp³-hybridized carbons (Fsp3) is 0.789. The Morgan fingerprint density at radius 1 is 1.21 bits per heavy atom. The first-order chi connectivity index (χ1) is 11.7. The molecule has 0 unspecified atom stereocenters. The number of fused-ring (bicyclic) bond motifs is 1. The van der Waals surface area contributed by atoms with Crippen LogP contribution in [0.2, 0.25) is 0 Å². The highest BCUT2D eigenvalue weighted by molar-refractivity contribution is 5.77. The van der Waals surface area contributed by atoms with Gasteiger partial charge in [-0.25, -0.2) is 0 Å². The van der Waals surface area contributed by atoms with Gasteiger partial charge in [-0.15, -0.1) is 0 Å². The van der Waals surface area contributed by atoms with Crippen molar-refractivity contribution in [1.29, 1.82) is 0 Å². The lowest BCUT2D eigenvalue weighted by Gasteiger charge is -2.49. The molecule has 1 amide bonds. The molecule has 3 heterocycles. The van der Waals surface area contributed by atoms with Crippen LogP contribution in [0.1, 0.15) is 62.4 Å². The lowest BCUT2D eigenvalue weighted by Crippen LogP contribution is -2.63. The second-order valence-electron chi connectivity index (χ2n) is 7.87. The standard InChI is InChI=1S/C19H30N4O/c1-14-6-4-5-11-23(14)15-12-22(13-15)19(24)10-9-18-16-7-2-3-8-17(16)20-21-18/h14-15H,2-13H2,1H3,(H,20,21)/t14-/m0/s1. The highest BCUT2D eigenvalue weighted by Crippen LogP contribution is 2.26. The van der Waals surface area contributed by atoms with Gasteiger partial charge in [0.25, 0.3) is 0 Å². The second kappa shape index (κ2) is 6.87. The van der Waals surface area contributed by atoms with Crippen LogP contribution in [0.3, 0.4) is 0 Å². The van der Waals surface area contributed by atoms with Crippen LogP contribution in [0.4, 0.5) is 0 Å². The molecule has 5 heteroatoms. The zero-order valence-electron chi connectivity index (χ0n) is 14.9. The maximum atomic E-state index is 12.5. The molecule has 1 N–H and O–H groups in total. The van der Waals surface area contributed by atoms with Crippen molar-refractivity contribution in [2.24, 2.45) is 0 Å². The first kappa shape index (κ1) is 16.1. The van der Waals surface area contributed by atoms with Gasteiger partial charge < -0.3 is 4.90 Å². The SMILES string of the molecule is C[C@H]1CCCCN1C1CN(C(=O)CCc2n[nH]c3c2CCCC3)C1. The summed E-state index contributed by atoms with van der Waals surface area (Å²) >= 11 is 0. The molecule has 1 aromatic rings. The lowest BCUT2D eigenvalue weighted by molar-refractivity contribution is -0.139. The monoisotopic (exact) mass is 330 g/mol. The predicted octanol–water partition coefficient (Wildman–Crippen LogP) is 2.31. The van der Waals surface area contributed by atoms with Crippen LogP contribution in [0.5, 0.6) is 0 Å². The van der Waals surface area contributed by atoms with Crippen molar-refractivity contribution in [2.45, 2.75) is 76.8 Å². The third-order valence-corrected chi connectivity index (χ3v) is 6.26. The first-order valence-corrected chi connectivity index (χ1v) is 9.81. The van der Waals surface area contributed by atoms with Crippen LogP contribution in [0.15, 0.2) is 0 Å². The van der Waals surface area contributed by atoms with Crippen LogP contribution >= 0.6 is 0 Å². The van der Waals surface area contributed by atoms with E-state index in [-0.39, 0.29) is 0 Å². The van der Waals surface area contributed by atoms with Crippen molar-refractivity contribution >= 4 is 5.91 Å². The number of piperidine rings is 1. The average molecular weight is 330 g/mol. The first-order valence-electron chi connectivity index (χ1n) is 9.81. The van der Waals surface area contributed by atoms with Gasteiger partial charge in [-0.1, -0.05) is 6.42 Å². The van der Waals surface area contributed by atoms with E-state index in [0.29, 0.717) is 24.4 Å². The maximum absolute atomic E-state index is 12.5. The number of aryl methyl sites for hydroxylation is 2. The minimum atomic E-state index is 0.309. The Labute approximate surface area is 144 Å². The van der Waals surface area contributed by atoms with Gasteiger partial charge in [0, 0.05) is 43.7 Å². The van der Waals surface area contributed by atoms with Crippen LogP contribution in [0, 0.1) is 0 Å². The Kier molecular flexibility index (Phi) is 4.61. The number of nitrogens with zero attached hydrogens (tertiary/aromatic N) is 3. The number of amides is 1. The van der Waals surface area contributed by atoms with Gasteiger partial charge in [0.05, 0.1) is 5.69 Å². The molecule has 4 rings (SSSR count). The summed E-state index contributed by atoms with van der Waals surface area (Å²) < 4.78 is 0. The van der Waals surface area contributed by atoms with E-state index in [4.69, 9.17) is 0 Å². The molecule has 2 saturated heterocycles. The lowest BCUT2D eigenvalue weighted by atomic mass is 9.94. The summed E-state index contributed by atoms with van der Waals surface area (Å²) in [6, 6.07) is 1.29. The van der Waals surface area contributed by atoms with Gasteiger partial charge in [-0.3, -0.25) is 14.8 Å². The summed E-state index contributed by atoms with van der Waals surface area (Å²) in [5.74, 6) is 0.309. The number of nitrogens with one attached hydrogen (secondary N) is 1. The van der Waals surface area contributed by atoms with Crippen molar-refractivity contribution in [3.05, 3.63) is 17.0 Å². The van der Waals surface area contributed by atoms with Gasteiger partial charge >= 0.3 is 0 Å². The Morgan fingerprint density at radius 3 is 2.88 bits per heavy atom. The molecule has 0 radical (unpaired) electrons. The van der Waals surface area contributed by atoms with Crippen molar-refractivity contribution in [3.63, 3.8) is 0 Å². The second-order valence-corrected chi connectivity index (χ2v) is 7.87. The normalized spacial score (nSPS) is 25.4. The van der Waals surface area contributed by atoms with Crippen molar-refractivity contribution in [1.82, 2.24) is 20.0 Å². The topological polar surface area (TPSA) is 52.2 Å². The molecule has 0 bridgehead atoms. The number of hydrogen-bond acceptors (Lipinski definition) is 3. The summed E-state index contributed by atoms with van der Waals surface area (Å²) in [6.45, 7) is 5.42. The minimum Gasteiger partial charge on any atom is -0.339 e. The zero-order chi connectivity index (χ0) is 16.5. The quantitative estimate of drug-likeness (QED) is 0.922. The molecular weight excluding hydrogens is 300 g/mol. The number of carbonyl (C=O) groups excluding carboxylic acids is 1. The summed E-state index contributed by atoms with van der Waals surface area (Å²) in [7, 11) is 0. The van der Waals surface area contributed by atoms with Crippen LogP contribution in [0.25, 0.3) is 0 Å². The van der Waals surface area contributed by atoms with E-state index in [1.165, 1.54) is 49.9 Å². The molecule has 5 nitrogen and oxygen atoms in total. The van der Waals surface area contributed by atoms with Crippen molar-refractivity contribution < 1.29 is 4.79 Å². The Bertz CT molecular complexity index is 590. The van der Waals surface area contributed by atoms with Gasteiger partial charge in [-0.2, -0.15) is 5.10 Å². The Morgan fingerprint density at radius 2 is 2.04 bits per heavy atom. The van der Waals surface area contributed by atoms with E-state index in [1.54, 1.807) is 0 Å². The molecule has 0 saturated carbocycles. The molecule has 2 aliphatic heterocycles. The summed E-state index contributed by atoms with van der Waals surface area (Å²) in [5, 5.41) is 7.65. The van der Waals surface area contributed by atoms with Gasteiger partial charge in [0.2, 0.25) is 5.91 Å². The summed E-state index contributed by atoms with van der Waals surface area (Å²) in [5.41, 5.74) is 3.85. The van der Waals surface area contributed by atoms with E-state index in [9.17, 15) is 4.79 Å². The van der Waals surface area contributed by atoms with E-state index < -0.39 is 0 Å². The summed E-state index contributed by atoms with van der Waals surface area (Å²) in [4.78, 5) is 17.1. The molecule has 2 fully saturated rings. The Balaban J connectivity index is 1.25. The van der Waals surface area contributed by atoms with Crippen molar-refractivity contribution in [3.8, 4) is 0 Å². The van der Waals surface area contributed by atoms with Gasteiger partial charge in [0.1, 0.15) is 0 Å². The molecule has 1 atom stereocenters. The molecule has 3 aliphatic rings. The minimum absolute atomic E-state index is 0.309. The number of likely N-dealkylation sites (tertiary alicyclic amines) is 2. The molecule has 0 aromatic carbocycles. The molecule has 0 spiro atoms. The fourth-order valence-corrected chi connectivity index (χ4v) is 4.67. The third kappa shape index (κ3) is 3.10. The van der Waals surface area contributed by atoms with Gasteiger partial charge in [0.15, 0.2) is 0 Å². The molecule has 24 heavy (non-hydrogen) atoms. The number of aromatic amines is 1. The van der Waals surface area contributed by atoms with E-state index in [0.717, 1.165) is 38.0 Å². The highest BCUT2D eigenvalue weighted by atomic mass is 16.2. The highest BCUT2D eigenvalue weighted by Gasteiger charge is 2.37. The predicted molar refractivity (Wildman–Crippen MR) is 93.9 cm³/mol. The number of hydrogen-bond donors (Lipinski definition) is 1. The number of carbonyl (C=O) groups is 1. The molecule has 1 aromatic heterocycles. The van der Waals surface area contributed by atoms with Gasteiger partial charge in [-0.05, 0) is 57.6 Å². The third-order valence-electron chi connectivity index (χ3n) is 6.26. The number of aromatic nitrogens is 2. The number of rotatable bonds is 4. The molecule has 132 valence electrons. The maximum Gasteiger partial charge on any atom is 0.223 e. The fourth-order valence-electron chi connectivity index (χ4n) is 4.67. The van der Waals surface area contributed by atoms with E-state index in [2.05, 4.69) is 22.0 Å². The number of H-pyrrole nitrogens is 1. The zero-order valence-corrected chi connectivity index (χ0v) is 14.9. The van der Waals surface area contributed by atoms with Crippen LogP contribution in [-0.4, -0.2) is 57.6 Å². The van der Waals surface area contributed by atoms with E-state index >= 15 is 0 Å². The van der Waals surface area contributed by atoms with Crippen LogP contribution in [-0.2, 0) is 24.1 Å². The molecular formula is C19H30N4O. The largest absolute Gasteiger partial charge is 0.339 e. The van der Waals surface area contributed by atoms with Crippen LogP contribution < -0.4 is 0 Å². The molecule has 1 aliphatic carbocycles. The van der Waals surface area contributed by atoms with Crippen molar-refractivity contribution in [2.75, 3.05) is 19.6 Å².